The molecule has 2 rings (SSSR count). The second kappa shape index (κ2) is 4.90. The highest BCUT2D eigenvalue weighted by molar-refractivity contribution is 6.30. The van der Waals surface area contributed by atoms with E-state index in [1.807, 2.05) is 33.0 Å². The van der Waals surface area contributed by atoms with E-state index >= 15 is 0 Å². The minimum absolute atomic E-state index is 0.257. The first-order valence-corrected chi connectivity index (χ1v) is 6.12. The number of nitrogens with two attached hydrogens (primary N) is 1. The molecule has 5 heteroatoms. The van der Waals surface area contributed by atoms with Gasteiger partial charge in [0, 0.05) is 12.1 Å². The van der Waals surface area contributed by atoms with Gasteiger partial charge in [-0.05, 0) is 24.1 Å². The predicted molar refractivity (Wildman–Crippen MR) is 73.2 cm³/mol. The maximum absolute atomic E-state index is 6.05. The Morgan fingerprint density at radius 3 is 2.67 bits per heavy atom. The van der Waals surface area contributed by atoms with Crippen molar-refractivity contribution < 1.29 is 4.74 Å². The predicted octanol–water partition coefficient (Wildman–Crippen LogP) is 3.57. The third-order valence-corrected chi connectivity index (χ3v) is 2.85. The number of nitrogens with zero attached hydrogens (tertiary/aromatic N) is 2. The van der Waals surface area contributed by atoms with Gasteiger partial charge >= 0.3 is 0 Å². The Morgan fingerprint density at radius 1 is 1.39 bits per heavy atom. The van der Waals surface area contributed by atoms with Crippen molar-refractivity contribution in [3.63, 3.8) is 0 Å². The van der Waals surface area contributed by atoms with Crippen LogP contribution in [0.4, 0.5) is 5.69 Å². The number of ether oxygens (including phenoxy) is 1. The van der Waals surface area contributed by atoms with Crippen LogP contribution in [0, 0.1) is 0 Å². The van der Waals surface area contributed by atoms with Crippen molar-refractivity contribution in [2.24, 2.45) is 7.05 Å². The topological polar surface area (TPSA) is 53.1 Å². The lowest BCUT2D eigenvalue weighted by Crippen LogP contribution is -1.96. The molecule has 96 valence electrons. The number of hydrogen-bond acceptors (Lipinski definition) is 3. The van der Waals surface area contributed by atoms with Crippen LogP contribution in [0.15, 0.2) is 24.3 Å². The van der Waals surface area contributed by atoms with Gasteiger partial charge in [-0.2, -0.15) is 5.10 Å². The summed E-state index contributed by atoms with van der Waals surface area (Å²) in [6.45, 7) is 4.09. The normalized spacial score (nSPS) is 10.9. The molecule has 1 aromatic heterocycles. The van der Waals surface area contributed by atoms with Crippen LogP contribution >= 0.6 is 11.6 Å². The number of halogens is 1. The largest absolute Gasteiger partial charge is 0.437 e. The SMILES string of the molecule is CC(C)c1nn(C)c(Oc2cccc(Cl)c2)c1N. The van der Waals surface area contributed by atoms with E-state index in [9.17, 15) is 0 Å². The van der Waals surface area contributed by atoms with Crippen LogP contribution in [0.25, 0.3) is 0 Å². The van der Waals surface area contributed by atoms with Crippen LogP contribution in [-0.2, 0) is 7.05 Å². The molecule has 0 aliphatic rings. The molecule has 0 bridgehead atoms. The summed E-state index contributed by atoms with van der Waals surface area (Å²) in [5.74, 6) is 1.45. The van der Waals surface area contributed by atoms with Gasteiger partial charge in [0.25, 0.3) is 0 Å². The Morgan fingerprint density at radius 2 is 2.11 bits per heavy atom. The van der Waals surface area contributed by atoms with Gasteiger partial charge < -0.3 is 10.5 Å². The smallest absolute Gasteiger partial charge is 0.241 e. The van der Waals surface area contributed by atoms with E-state index in [0.29, 0.717) is 22.3 Å². The van der Waals surface area contributed by atoms with Gasteiger partial charge in [0.15, 0.2) is 0 Å². The number of benzene rings is 1. The fourth-order valence-corrected chi connectivity index (χ4v) is 1.91. The van der Waals surface area contributed by atoms with Crippen LogP contribution in [0.2, 0.25) is 5.02 Å². The number of nitrogen functional groups attached to an aromatic ring is 1. The summed E-state index contributed by atoms with van der Waals surface area (Å²) in [4.78, 5) is 0. The Kier molecular flexibility index (Phi) is 3.48. The fourth-order valence-electron chi connectivity index (χ4n) is 1.73. The maximum atomic E-state index is 6.05. The lowest BCUT2D eigenvalue weighted by molar-refractivity contribution is 0.432. The fraction of sp³-hybridized carbons (Fsp3) is 0.308. The van der Waals surface area contributed by atoms with Crippen LogP contribution in [-0.4, -0.2) is 9.78 Å². The lowest BCUT2D eigenvalue weighted by Gasteiger charge is -2.07. The van der Waals surface area contributed by atoms with Crippen LogP contribution in [0.1, 0.15) is 25.5 Å². The van der Waals surface area contributed by atoms with Gasteiger partial charge in [-0.3, -0.25) is 0 Å². The quantitative estimate of drug-likeness (QED) is 0.923. The summed E-state index contributed by atoms with van der Waals surface area (Å²) < 4.78 is 7.39. The van der Waals surface area contributed by atoms with E-state index in [0.717, 1.165) is 5.69 Å². The minimum atomic E-state index is 0.257. The molecule has 1 heterocycles. The van der Waals surface area contributed by atoms with E-state index in [1.165, 1.54) is 0 Å². The van der Waals surface area contributed by atoms with Crippen molar-refractivity contribution in [1.29, 1.82) is 0 Å². The molecule has 0 aliphatic carbocycles. The molecule has 0 radical (unpaired) electrons. The minimum Gasteiger partial charge on any atom is -0.437 e. The summed E-state index contributed by atoms with van der Waals surface area (Å²) >= 11 is 5.91. The second-order valence-electron chi connectivity index (χ2n) is 4.44. The van der Waals surface area contributed by atoms with Crippen LogP contribution in [0.5, 0.6) is 11.6 Å². The van der Waals surface area contributed by atoms with E-state index in [-0.39, 0.29) is 5.92 Å². The Hall–Kier alpha value is -1.68. The summed E-state index contributed by atoms with van der Waals surface area (Å²) in [6, 6.07) is 7.19. The molecule has 0 amide bonds. The number of aryl methyl sites for hydroxylation is 1. The highest BCUT2D eigenvalue weighted by Gasteiger charge is 2.17. The third-order valence-electron chi connectivity index (χ3n) is 2.62. The first kappa shape index (κ1) is 12.8. The van der Waals surface area contributed by atoms with Crippen molar-refractivity contribution in [2.45, 2.75) is 19.8 Å². The first-order valence-electron chi connectivity index (χ1n) is 5.75. The third kappa shape index (κ3) is 2.43. The van der Waals surface area contributed by atoms with E-state index < -0.39 is 0 Å². The Balaban J connectivity index is 2.35. The Bertz CT molecular complexity index is 563. The van der Waals surface area contributed by atoms with Crippen molar-refractivity contribution in [1.82, 2.24) is 9.78 Å². The van der Waals surface area contributed by atoms with Gasteiger partial charge in [0.1, 0.15) is 11.4 Å². The van der Waals surface area contributed by atoms with Crippen molar-refractivity contribution in [3.8, 4) is 11.6 Å². The van der Waals surface area contributed by atoms with Crippen LogP contribution < -0.4 is 10.5 Å². The highest BCUT2D eigenvalue weighted by Crippen LogP contribution is 2.33. The van der Waals surface area contributed by atoms with Gasteiger partial charge in [-0.1, -0.05) is 31.5 Å². The zero-order chi connectivity index (χ0) is 13.3. The molecule has 0 aliphatic heterocycles. The number of aromatic nitrogens is 2. The van der Waals surface area contributed by atoms with Crippen molar-refractivity contribution in [3.05, 3.63) is 35.0 Å². The molecule has 2 N–H and O–H groups in total. The van der Waals surface area contributed by atoms with Gasteiger partial charge in [0.2, 0.25) is 5.88 Å². The molecular formula is C13H16ClN3O. The zero-order valence-electron chi connectivity index (χ0n) is 10.6. The first-order chi connectivity index (χ1) is 8.49. The van der Waals surface area contributed by atoms with Gasteiger partial charge in [-0.15, -0.1) is 0 Å². The molecule has 0 unspecified atom stereocenters. The summed E-state index contributed by atoms with van der Waals surface area (Å²) in [5, 5.41) is 4.98. The van der Waals surface area contributed by atoms with Crippen LogP contribution in [0.3, 0.4) is 0 Å². The molecule has 0 atom stereocenters. The number of rotatable bonds is 3. The summed E-state index contributed by atoms with van der Waals surface area (Å²) in [5.41, 5.74) is 7.47. The van der Waals surface area contributed by atoms with Crippen molar-refractivity contribution >= 4 is 17.3 Å². The van der Waals surface area contributed by atoms with Crippen molar-refractivity contribution in [2.75, 3.05) is 5.73 Å². The summed E-state index contributed by atoms with van der Waals surface area (Å²) in [7, 11) is 1.81. The molecular weight excluding hydrogens is 250 g/mol. The number of hydrogen-bond donors (Lipinski definition) is 1. The maximum Gasteiger partial charge on any atom is 0.241 e. The number of anilines is 1. The molecule has 2 aromatic rings. The molecule has 0 saturated heterocycles. The highest BCUT2D eigenvalue weighted by atomic mass is 35.5. The van der Waals surface area contributed by atoms with Gasteiger partial charge in [0.05, 0.1) is 5.69 Å². The van der Waals surface area contributed by atoms with Gasteiger partial charge in [-0.25, -0.2) is 4.68 Å². The average molecular weight is 266 g/mol. The molecule has 0 fully saturated rings. The van der Waals surface area contributed by atoms with E-state index in [4.69, 9.17) is 22.1 Å². The monoisotopic (exact) mass is 265 g/mol. The average Bonchev–Trinajstić information content (AvgIpc) is 2.57. The van der Waals surface area contributed by atoms with E-state index in [1.54, 1.807) is 16.8 Å². The molecule has 18 heavy (non-hydrogen) atoms. The second-order valence-corrected chi connectivity index (χ2v) is 4.88. The molecule has 0 spiro atoms. The van der Waals surface area contributed by atoms with E-state index in [2.05, 4.69) is 5.10 Å². The zero-order valence-corrected chi connectivity index (χ0v) is 11.4. The molecule has 1 aromatic carbocycles. The lowest BCUT2D eigenvalue weighted by atomic mass is 10.1. The Labute approximate surface area is 111 Å². The molecule has 0 saturated carbocycles. The summed E-state index contributed by atoms with van der Waals surface area (Å²) in [6.07, 6.45) is 0. The standard InChI is InChI=1S/C13H16ClN3O/c1-8(2)12-11(15)13(17(3)16-12)18-10-6-4-5-9(14)7-10/h4-8H,15H2,1-3H3. The molecule has 4 nitrogen and oxygen atoms in total.